The fourth-order valence-corrected chi connectivity index (χ4v) is 12.0. The minimum Gasteiger partial charge on any atom is -0.0654 e. The van der Waals surface area contributed by atoms with E-state index in [1.54, 1.807) is 32.3 Å². The van der Waals surface area contributed by atoms with Crippen molar-refractivity contribution < 1.29 is 0 Å². The lowest BCUT2D eigenvalue weighted by atomic mass is 9.71. The highest BCUT2D eigenvalue weighted by molar-refractivity contribution is 7.05. The number of rotatable bonds is 20. The van der Waals surface area contributed by atoms with Crippen molar-refractivity contribution >= 4 is 40.0 Å². The van der Waals surface area contributed by atoms with Gasteiger partial charge in [-0.2, -0.15) is 0 Å². The van der Waals surface area contributed by atoms with Gasteiger partial charge in [0.25, 0.3) is 0 Å². The first-order chi connectivity index (χ1) is 20.8. The highest BCUT2D eigenvalue weighted by atomic mass is 28.3. The Morgan fingerprint density at radius 3 is 1.16 bits per heavy atom. The Labute approximate surface area is 267 Å². The fourth-order valence-electron chi connectivity index (χ4n) is 8.87. The SMILES string of the molecule is CCCCCCCCC(CC)(CC)c1cc2c3c(ccc4cc(C(CC)(CC)CCCCCCCC)cc(c43)[Si]2(C)C)c1. The molecule has 0 bridgehead atoms. The van der Waals surface area contributed by atoms with Gasteiger partial charge in [0, 0.05) is 0 Å². The monoisotopic (exact) mass is 598 g/mol. The Balaban J connectivity index is 1.69. The Bertz CT molecular complexity index is 1220. The highest BCUT2D eigenvalue weighted by Gasteiger charge is 2.40. The molecular formula is C42H66Si. The molecule has 0 fully saturated rings. The molecule has 0 unspecified atom stereocenters. The molecule has 4 rings (SSSR count). The largest absolute Gasteiger partial charge is 0.113 e. The third kappa shape index (κ3) is 6.83. The first-order valence-electron chi connectivity index (χ1n) is 18.8. The molecule has 1 heterocycles. The Morgan fingerprint density at radius 1 is 0.465 bits per heavy atom. The van der Waals surface area contributed by atoms with Crippen LogP contribution in [0, 0.1) is 0 Å². The van der Waals surface area contributed by atoms with Crippen LogP contribution >= 0.6 is 0 Å². The van der Waals surface area contributed by atoms with Crippen LogP contribution in [0.2, 0.25) is 13.1 Å². The van der Waals surface area contributed by atoms with E-state index in [2.05, 4.69) is 91.0 Å². The van der Waals surface area contributed by atoms with Crippen LogP contribution < -0.4 is 10.4 Å². The molecule has 0 aromatic heterocycles. The van der Waals surface area contributed by atoms with Gasteiger partial charge in [-0.3, -0.25) is 0 Å². The van der Waals surface area contributed by atoms with Crippen molar-refractivity contribution in [2.24, 2.45) is 0 Å². The zero-order chi connectivity index (χ0) is 31.1. The van der Waals surface area contributed by atoms with Gasteiger partial charge in [-0.15, -0.1) is 0 Å². The molecule has 0 saturated carbocycles. The molecule has 0 radical (unpaired) electrons. The molecule has 0 N–H and O–H groups in total. The Hall–Kier alpha value is -1.60. The van der Waals surface area contributed by atoms with E-state index in [0.717, 1.165) is 0 Å². The van der Waals surface area contributed by atoms with Crippen molar-refractivity contribution in [1.29, 1.82) is 0 Å². The molecule has 3 aromatic rings. The average molecular weight is 599 g/mol. The first-order valence-corrected chi connectivity index (χ1v) is 21.8. The lowest BCUT2D eigenvalue weighted by Crippen LogP contribution is -2.50. The topological polar surface area (TPSA) is 0 Å². The van der Waals surface area contributed by atoms with Crippen molar-refractivity contribution in [3.63, 3.8) is 0 Å². The normalized spacial score (nSPS) is 14.5. The van der Waals surface area contributed by atoms with E-state index in [-0.39, 0.29) is 0 Å². The number of hydrogen-bond acceptors (Lipinski definition) is 0. The van der Waals surface area contributed by atoms with Crippen LogP contribution in [0.4, 0.5) is 0 Å². The van der Waals surface area contributed by atoms with Gasteiger partial charge in [0.2, 0.25) is 0 Å². The zero-order valence-corrected chi connectivity index (χ0v) is 30.7. The summed E-state index contributed by atoms with van der Waals surface area (Å²) in [7, 11) is -1.82. The van der Waals surface area contributed by atoms with Gasteiger partial charge in [0.05, 0.1) is 0 Å². The van der Waals surface area contributed by atoms with Crippen LogP contribution in [0.15, 0.2) is 36.4 Å². The van der Waals surface area contributed by atoms with Gasteiger partial charge in [-0.25, -0.2) is 0 Å². The van der Waals surface area contributed by atoms with Gasteiger partial charge < -0.3 is 0 Å². The van der Waals surface area contributed by atoms with Crippen molar-refractivity contribution in [3.05, 3.63) is 47.5 Å². The summed E-state index contributed by atoms with van der Waals surface area (Å²) < 4.78 is 0. The van der Waals surface area contributed by atoms with Crippen LogP contribution in [-0.2, 0) is 10.8 Å². The number of unbranched alkanes of at least 4 members (excludes halogenated alkanes) is 10. The second-order valence-corrected chi connectivity index (χ2v) is 19.3. The summed E-state index contributed by atoms with van der Waals surface area (Å²) in [5, 5.41) is 9.67. The molecule has 1 aliphatic heterocycles. The zero-order valence-electron chi connectivity index (χ0n) is 29.7. The molecule has 0 amide bonds. The van der Waals surface area contributed by atoms with E-state index in [1.165, 1.54) is 126 Å². The third-order valence-corrected chi connectivity index (χ3v) is 15.8. The van der Waals surface area contributed by atoms with E-state index in [0.29, 0.717) is 10.8 Å². The molecule has 3 aromatic carbocycles. The lowest BCUT2D eigenvalue weighted by Gasteiger charge is -2.35. The maximum Gasteiger partial charge on any atom is 0.113 e. The van der Waals surface area contributed by atoms with E-state index in [4.69, 9.17) is 0 Å². The minimum atomic E-state index is -1.82. The standard InChI is InChI=1S/C42H66Si/c1-9-15-17-19-21-23-27-41(11-3,12-4)35-29-33-25-26-34-30-36(32-38-40(34)39(33)37(31-35)43(38,7)8)42(13-5,14-6)28-24-22-20-18-16-10-2/h25-26,29-32H,9-24,27-28H2,1-8H3. The summed E-state index contributed by atoms with van der Waals surface area (Å²) in [4.78, 5) is 0. The van der Waals surface area contributed by atoms with E-state index >= 15 is 0 Å². The highest BCUT2D eigenvalue weighted by Crippen LogP contribution is 2.43. The summed E-state index contributed by atoms with van der Waals surface area (Å²) in [6, 6.07) is 15.7. The molecule has 1 aliphatic rings. The van der Waals surface area contributed by atoms with E-state index in [9.17, 15) is 0 Å². The molecular weight excluding hydrogens is 533 g/mol. The summed E-state index contributed by atoms with van der Waals surface area (Å²) in [6.45, 7) is 19.8. The average Bonchev–Trinajstić information content (AvgIpc) is 3.26. The van der Waals surface area contributed by atoms with Crippen LogP contribution in [0.3, 0.4) is 0 Å². The molecule has 0 spiro atoms. The maximum atomic E-state index is 2.74. The summed E-state index contributed by atoms with van der Waals surface area (Å²) >= 11 is 0. The molecule has 238 valence electrons. The molecule has 43 heavy (non-hydrogen) atoms. The van der Waals surface area contributed by atoms with Gasteiger partial charge in [-0.1, -0.05) is 168 Å². The number of benzene rings is 3. The van der Waals surface area contributed by atoms with Crippen molar-refractivity contribution in [3.8, 4) is 0 Å². The lowest BCUT2D eigenvalue weighted by molar-refractivity contribution is 0.348. The van der Waals surface area contributed by atoms with Crippen molar-refractivity contribution in [2.45, 2.75) is 181 Å². The first kappa shape index (κ1) is 34.3. The number of hydrogen-bond donors (Lipinski definition) is 0. The molecule has 1 heteroatoms. The van der Waals surface area contributed by atoms with E-state index < -0.39 is 8.07 Å². The Morgan fingerprint density at radius 2 is 0.814 bits per heavy atom. The smallest absolute Gasteiger partial charge is 0.0654 e. The van der Waals surface area contributed by atoms with Crippen LogP contribution in [0.5, 0.6) is 0 Å². The predicted octanol–water partition coefficient (Wildman–Crippen LogP) is 12.7. The fraction of sp³-hybridized carbons (Fsp3) is 0.667. The van der Waals surface area contributed by atoms with Crippen LogP contribution in [-0.4, -0.2) is 8.07 Å². The quantitative estimate of drug-likeness (QED) is 0.0689. The summed E-state index contributed by atoms with van der Waals surface area (Å²) in [6.07, 6.45) is 24.3. The molecule has 0 nitrogen and oxygen atoms in total. The van der Waals surface area contributed by atoms with Gasteiger partial charge in [-0.05, 0) is 92.4 Å². The van der Waals surface area contributed by atoms with Gasteiger partial charge >= 0.3 is 0 Å². The maximum absolute atomic E-state index is 2.74. The summed E-state index contributed by atoms with van der Waals surface area (Å²) in [5.41, 5.74) is 3.90. The Kier molecular flexibility index (Phi) is 12.1. The third-order valence-electron chi connectivity index (χ3n) is 12.3. The minimum absolute atomic E-state index is 0.311. The predicted molar refractivity (Wildman–Crippen MR) is 199 cm³/mol. The summed E-state index contributed by atoms with van der Waals surface area (Å²) in [5.74, 6) is 0. The van der Waals surface area contributed by atoms with Crippen molar-refractivity contribution in [2.75, 3.05) is 0 Å². The second kappa shape index (κ2) is 15.1. The van der Waals surface area contributed by atoms with Crippen LogP contribution in [0.1, 0.15) is 168 Å². The van der Waals surface area contributed by atoms with Crippen molar-refractivity contribution in [1.82, 2.24) is 0 Å². The van der Waals surface area contributed by atoms with Gasteiger partial charge in [0.15, 0.2) is 0 Å². The van der Waals surface area contributed by atoms with E-state index in [1.807, 2.05) is 0 Å². The van der Waals surface area contributed by atoms with Crippen LogP contribution in [0.25, 0.3) is 21.5 Å². The molecule has 0 saturated heterocycles. The molecule has 0 atom stereocenters. The van der Waals surface area contributed by atoms with Gasteiger partial charge in [0.1, 0.15) is 8.07 Å². The second-order valence-electron chi connectivity index (χ2n) is 14.9. The molecule has 0 aliphatic carbocycles.